The Morgan fingerprint density at radius 2 is 1.71 bits per heavy atom. The number of nitrogens with zero attached hydrogens (tertiary/aromatic N) is 5. The highest BCUT2D eigenvalue weighted by atomic mass is 32.2. The molecule has 6 aliphatic heterocycles. The third-order valence-electron chi connectivity index (χ3n) is 16.4. The van der Waals surface area contributed by atoms with Crippen LogP contribution in [0, 0.1) is 0 Å². The molecule has 0 aliphatic carbocycles. The van der Waals surface area contributed by atoms with Gasteiger partial charge in [0, 0.05) is 91.9 Å². The number of sulfone groups is 1. The maximum atomic E-state index is 15.0. The second-order valence-corrected chi connectivity index (χ2v) is 25.5. The normalized spacial score (nSPS) is 22.3. The molecule has 6 aliphatic rings. The fraction of sp³-hybridized carbons (Fsp3) is 0.473. The summed E-state index contributed by atoms with van der Waals surface area (Å²) >= 11 is 0. The van der Waals surface area contributed by atoms with Gasteiger partial charge in [-0.3, -0.25) is 57.9 Å². The molecule has 8 amide bonds. The van der Waals surface area contributed by atoms with Gasteiger partial charge in [-0.05, 0) is 106 Å². The van der Waals surface area contributed by atoms with Crippen LogP contribution in [0.4, 0.5) is 5.69 Å². The molecular formula is C55H65N10O16PS. The lowest BCUT2D eigenvalue weighted by molar-refractivity contribution is -0.145. The van der Waals surface area contributed by atoms with Crippen molar-refractivity contribution >= 4 is 86.8 Å². The van der Waals surface area contributed by atoms with Crippen molar-refractivity contribution in [2.45, 2.75) is 112 Å². The van der Waals surface area contributed by atoms with Crippen LogP contribution in [0.2, 0.25) is 0 Å². The van der Waals surface area contributed by atoms with Gasteiger partial charge in [-0.1, -0.05) is 6.07 Å². The van der Waals surface area contributed by atoms with Crippen molar-refractivity contribution in [3.8, 4) is 11.5 Å². The number of piperidine rings is 1. The number of nitrogens with one attached hydrogen (secondary N) is 4. The number of unbranched alkanes of at least 4 members (excludes halogenated alkanes) is 1. The molecule has 3 aromatic carbocycles. The molecule has 0 spiro atoms. The van der Waals surface area contributed by atoms with Crippen molar-refractivity contribution < 1.29 is 75.4 Å². The molecular weight excluding hydrogens is 1120 g/mol. The van der Waals surface area contributed by atoms with E-state index in [4.69, 9.17) is 15.2 Å². The molecule has 0 unspecified atom stereocenters. The van der Waals surface area contributed by atoms with E-state index in [1.807, 2.05) is 6.07 Å². The first-order valence-electron chi connectivity index (χ1n) is 27.6. The number of fused-ring (bicyclic) bond motifs is 7. The van der Waals surface area contributed by atoms with Crippen LogP contribution in [-0.4, -0.2) is 191 Å². The molecule has 28 heteroatoms. The molecule has 0 radical (unpaired) electrons. The average Bonchev–Trinajstić information content (AvgIpc) is 3.70. The smallest absolute Gasteiger partial charge is 0.396 e. The Balaban J connectivity index is 0.791. The van der Waals surface area contributed by atoms with E-state index < -0.39 is 82.7 Å². The van der Waals surface area contributed by atoms with Crippen LogP contribution in [-0.2, 0) is 49.7 Å². The number of anilines is 1. The van der Waals surface area contributed by atoms with E-state index in [0.29, 0.717) is 68.8 Å². The van der Waals surface area contributed by atoms with Crippen molar-refractivity contribution in [3.05, 3.63) is 83.0 Å². The van der Waals surface area contributed by atoms with Crippen molar-refractivity contribution in [1.29, 1.82) is 0 Å². The lowest BCUT2D eigenvalue weighted by Crippen LogP contribution is -2.61. The number of amides is 8. The number of ether oxygens (including phenoxy) is 2. The summed E-state index contributed by atoms with van der Waals surface area (Å²) < 4.78 is 48.4. The highest BCUT2D eigenvalue weighted by molar-refractivity contribution is 7.90. The largest absolute Gasteiger partial charge is 0.491 e. The third kappa shape index (κ3) is 12.8. The average molecular weight is 1190 g/mol. The van der Waals surface area contributed by atoms with Gasteiger partial charge in [0.15, 0.2) is 9.84 Å². The minimum Gasteiger partial charge on any atom is -0.491 e. The number of nitrogens with two attached hydrogens (primary N) is 1. The highest BCUT2D eigenvalue weighted by Gasteiger charge is 2.47. The summed E-state index contributed by atoms with van der Waals surface area (Å²) in [6.45, 7) is 3.12. The molecule has 10 rings (SSSR count). The van der Waals surface area contributed by atoms with Crippen LogP contribution in [0.15, 0.2) is 65.6 Å². The summed E-state index contributed by atoms with van der Waals surface area (Å²) in [5.74, 6) is -3.14. The van der Waals surface area contributed by atoms with Crippen LogP contribution in [0.25, 0.3) is 10.9 Å². The Morgan fingerprint density at radius 3 is 2.47 bits per heavy atom. The third-order valence-corrected chi connectivity index (χ3v) is 18.3. The molecule has 8 N–H and O–H groups in total. The second-order valence-electron chi connectivity index (χ2n) is 22.0. The maximum Gasteiger partial charge on any atom is 0.396 e. The number of rotatable bonds is 19. The number of benzene rings is 3. The van der Waals surface area contributed by atoms with E-state index >= 15 is 0 Å². The minimum absolute atomic E-state index is 0.0140. The molecule has 0 bridgehead atoms. The number of piperazine rings is 1. The Labute approximate surface area is 476 Å². The molecule has 7 heterocycles. The second kappa shape index (κ2) is 23.9. The highest BCUT2D eigenvalue weighted by Crippen LogP contribution is 2.44. The molecule has 4 saturated heterocycles. The van der Waals surface area contributed by atoms with Crippen molar-refractivity contribution in [1.82, 2.24) is 40.5 Å². The Kier molecular flexibility index (Phi) is 16.8. The van der Waals surface area contributed by atoms with Gasteiger partial charge in [-0.15, -0.1) is 0 Å². The zero-order valence-corrected chi connectivity index (χ0v) is 47.2. The van der Waals surface area contributed by atoms with Gasteiger partial charge in [0.1, 0.15) is 48.5 Å². The quantitative estimate of drug-likeness (QED) is 0.0390. The topological polar surface area (TPSA) is 358 Å². The molecule has 4 fully saturated rings. The molecule has 1 aromatic heterocycles. The van der Waals surface area contributed by atoms with E-state index in [1.54, 1.807) is 17.0 Å². The summed E-state index contributed by atoms with van der Waals surface area (Å²) in [6, 6.07) is 10.1. The van der Waals surface area contributed by atoms with Crippen LogP contribution in [0.5, 0.6) is 11.5 Å². The fourth-order valence-electron chi connectivity index (χ4n) is 12.1. The first kappa shape index (κ1) is 58.5. The number of hydrogen-bond donors (Lipinski definition) is 7. The molecule has 4 aromatic rings. The minimum atomic E-state index is -5.13. The van der Waals surface area contributed by atoms with E-state index in [9.17, 15) is 65.9 Å². The van der Waals surface area contributed by atoms with Gasteiger partial charge in [-0.2, -0.15) is 0 Å². The van der Waals surface area contributed by atoms with Crippen LogP contribution in [0.3, 0.4) is 0 Å². The number of aromatic amines is 1. The zero-order valence-electron chi connectivity index (χ0n) is 45.5. The lowest BCUT2D eigenvalue weighted by atomic mass is 10.0. The standard InChI is InChI=1S/C55H65N10O16PS/c1-83(78,79)37-6-4-5-36(25-37)80-29-33(9-16-46(56)66)57-52(71)45-13-10-34-18-20-62(28-42(54(73)65(34)45)59-50(69)41-24-32-23-31(8-12-40(32)58-41)55(74)82(75,76)77)48(68)7-2-3-19-61-21-22-63-35(26-61)30-81-49-39-27-64(44-15-17-47(67)60-51(44)70)53(72)38(39)11-14-43(49)63/h4-6,8,11-12,14,23-25,33-35,42,44-45,58H,2-3,7,9-10,13,15-22,26-30H2,1H3,(H2,56,66)(H,57,71)(H,59,69)(H,60,67,70)(H2,75,76,77)/t33-,34+,35+,42-,44-,45-/m0/s1. The number of carbonyl (C=O) groups excluding carboxylic acids is 9. The number of carbonyl (C=O) groups is 9. The van der Waals surface area contributed by atoms with Crippen molar-refractivity contribution in [2.75, 3.05) is 63.6 Å². The zero-order chi connectivity index (χ0) is 59.1. The lowest BCUT2D eigenvalue weighted by Gasteiger charge is -2.46. The Morgan fingerprint density at radius 1 is 0.904 bits per heavy atom. The van der Waals surface area contributed by atoms with E-state index in [1.165, 1.54) is 52.3 Å². The molecule has 442 valence electrons. The summed E-state index contributed by atoms with van der Waals surface area (Å²) in [4.78, 5) is 151. The molecule has 6 atom stereocenters. The number of H-pyrrole nitrogens is 1. The summed E-state index contributed by atoms with van der Waals surface area (Å²) in [7, 11) is -8.70. The van der Waals surface area contributed by atoms with Crippen LogP contribution < -0.4 is 36.1 Å². The monoisotopic (exact) mass is 1180 g/mol. The molecule has 26 nitrogen and oxygen atoms in total. The first-order chi connectivity index (χ1) is 39.5. The first-order valence-corrected chi connectivity index (χ1v) is 31.1. The summed E-state index contributed by atoms with van der Waals surface area (Å²) in [5, 5.41) is 8.29. The van der Waals surface area contributed by atoms with Crippen LogP contribution >= 0.6 is 7.60 Å². The fourth-order valence-corrected chi connectivity index (χ4v) is 13.2. The Bertz CT molecular complexity index is 3480. The van der Waals surface area contributed by atoms with Gasteiger partial charge in [-0.25, -0.2) is 8.42 Å². The van der Waals surface area contributed by atoms with Crippen molar-refractivity contribution in [2.24, 2.45) is 5.73 Å². The predicted molar refractivity (Wildman–Crippen MR) is 296 cm³/mol. The van der Waals surface area contributed by atoms with Gasteiger partial charge in [0.25, 0.3) is 17.3 Å². The summed E-state index contributed by atoms with van der Waals surface area (Å²) in [5.41, 5.74) is 6.16. The number of imide groups is 1. The van der Waals surface area contributed by atoms with Gasteiger partial charge < -0.3 is 60.2 Å². The number of primary amides is 1. The van der Waals surface area contributed by atoms with Gasteiger partial charge in [0.2, 0.25) is 35.4 Å². The number of aromatic nitrogens is 1. The Hall–Kier alpha value is -7.71. The van der Waals surface area contributed by atoms with E-state index in [2.05, 4.69) is 30.7 Å². The SMILES string of the molecule is CS(=O)(=O)c1cccc(OC[C@H](CCC(N)=O)NC(=O)[C@@H]2CC[C@@H]3CCN(C(=O)CCCCN4CCN5c6ccc7c(c6OC[C@H]5C4)CN([C@H]4CCC(=O)NC4=O)C7=O)C[C@H](NC(=O)c4cc5cc(C(=O)P(=O)(O)O)ccc5[nH]4)C(=O)N32)c1. The van der Waals surface area contributed by atoms with Crippen LogP contribution in [0.1, 0.15) is 101 Å². The summed E-state index contributed by atoms with van der Waals surface area (Å²) in [6.07, 6.45) is 3.62. The molecule has 83 heavy (non-hydrogen) atoms. The number of hydrogen-bond acceptors (Lipinski definition) is 16. The van der Waals surface area contributed by atoms with Crippen molar-refractivity contribution in [3.63, 3.8) is 0 Å². The maximum absolute atomic E-state index is 15.0. The van der Waals surface area contributed by atoms with E-state index in [0.717, 1.165) is 24.1 Å². The van der Waals surface area contributed by atoms with Gasteiger partial charge >= 0.3 is 7.60 Å². The molecule has 0 saturated carbocycles. The predicted octanol–water partition coefficient (Wildman–Crippen LogP) is 0.923. The van der Waals surface area contributed by atoms with E-state index in [-0.39, 0.29) is 116 Å². The van der Waals surface area contributed by atoms with Gasteiger partial charge in [0.05, 0.1) is 29.2 Å².